The number of ether oxygens (including phenoxy) is 1. The summed E-state index contributed by atoms with van der Waals surface area (Å²) in [5.74, 6) is 0.788. The lowest BCUT2D eigenvalue weighted by molar-refractivity contribution is -0.137. The van der Waals surface area contributed by atoms with Gasteiger partial charge in [0.1, 0.15) is 12.4 Å². The largest absolute Gasteiger partial charge is 0.489 e. The summed E-state index contributed by atoms with van der Waals surface area (Å²) in [5, 5.41) is 10.3. The van der Waals surface area contributed by atoms with E-state index < -0.39 is 5.97 Å². The van der Waals surface area contributed by atoms with Gasteiger partial charge in [-0.2, -0.15) is 0 Å². The first-order valence-corrected chi connectivity index (χ1v) is 11.4. The normalized spacial score (nSPS) is 18.9. The molecule has 1 fully saturated rings. The van der Waals surface area contributed by atoms with Gasteiger partial charge in [-0.05, 0) is 66.6 Å². The number of fused-ring (bicyclic) bond motifs is 3. The van der Waals surface area contributed by atoms with Crippen LogP contribution in [0.5, 0.6) is 5.75 Å². The first-order valence-electron chi connectivity index (χ1n) is 11.4. The first-order chi connectivity index (χ1) is 15.1. The fourth-order valence-corrected chi connectivity index (χ4v) is 5.46. The highest BCUT2D eigenvalue weighted by Gasteiger charge is 2.26. The van der Waals surface area contributed by atoms with E-state index >= 15 is 0 Å². The molecule has 0 radical (unpaired) electrons. The van der Waals surface area contributed by atoms with Crippen LogP contribution in [0, 0.1) is 0 Å². The third kappa shape index (κ3) is 4.01. The third-order valence-corrected chi connectivity index (χ3v) is 7.05. The molecule has 2 aromatic carbocycles. The molecule has 5 rings (SSSR count). The Labute approximate surface area is 182 Å². The van der Waals surface area contributed by atoms with Gasteiger partial charge in [0.05, 0.1) is 6.42 Å². The lowest BCUT2D eigenvalue weighted by Gasteiger charge is -2.23. The van der Waals surface area contributed by atoms with E-state index in [2.05, 4.69) is 41.0 Å². The number of anilines is 1. The Balaban J connectivity index is 1.29. The number of nitrogen functional groups attached to an aromatic ring is 1. The molecule has 0 amide bonds. The third-order valence-electron chi connectivity index (χ3n) is 7.05. The van der Waals surface area contributed by atoms with Crippen molar-refractivity contribution in [3.05, 3.63) is 59.3 Å². The van der Waals surface area contributed by atoms with Gasteiger partial charge < -0.3 is 20.1 Å². The van der Waals surface area contributed by atoms with Crippen molar-refractivity contribution in [2.75, 3.05) is 5.73 Å². The number of aromatic nitrogens is 1. The predicted molar refractivity (Wildman–Crippen MR) is 123 cm³/mol. The summed E-state index contributed by atoms with van der Waals surface area (Å²) < 4.78 is 8.32. The zero-order valence-electron chi connectivity index (χ0n) is 17.8. The van der Waals surface area contributed by atoms with Crippen LogP contribution in [-0.2, 0) is 17.9 Å². The van der Waals surface area contributed by atoms with E-state index in [9.17, 15) is 4.79 Å². The second kappa shape index (κ2) is 8.29. The average molecular weight is 419 g/mol. The minimum atomic E-state index is -0.735. The maximum Gasteiger partial charge on any atom is 0.304 e. The highest BCUT2D eigenvalue weighted by atomic mass is 16.5. The minimum absolute atomic E-state index is 0.0972. The minimum Gasteiger partial charge on any atom is -0.489 e. The molecular weight excluding hydrogens is 388 g/mol. The summed E-state index contributed by atoms with van der Waals surface area (Å²) in [7, 11) is 0. The van der Waals surface area contributed by atoms with Gasteiger partial charge in [0.15, 0.2) is 0 Å². The van der Waals surface area contributed by atoms with Gasteiger partial charge in [-0.3, -0.25) is 4.79 Å². The van der Waals surface area contributed by atoms with Crippen LogP contribution in [0.2, 0.25) is 0 Å². The highest BCUT2D eigenvalue weighted by molar-refractivity contribution is 5.83. The van der Waals surface area contributed by atoms with Gasteiger partial charge in [-0.1, -0.05) is 31.4 Å². The van der Waals surface area contributed by atoms with Crippen LogP contribution in [0.15, 0.2) is 42.5 Å². The number of hydrogen-bond acceptors (Lipinski definition) is 3. The number of rotatable bonds is 6. The molecule has 3 aromatic rings. The number of benzene rings is 2. The summed E-state index contributed by atoms with van der Waals surface area (Å²) >= 11 is 0. The van der Waals surface area contributed by atoms with E-state index in [0.717, 1.165) is 46.6 Å². The molecule has 5 heteroatoms. The maximum atomic E-state index is 11.2. The van der Waals surface area contributed by atoms with E-state index in [0.29, 0.717) is 12.5 Å². The molecular formula is C26H30N2O3. The first kappa shape index (κ1) is 20.0. The van der Waals surface area contributed by atoms with Crippen molar-refractivity contribution in [3.63, 3.8) is 0 Å². The molecule has 1 atom stereocenters. The molecule has 0 bridgehead atoms. The quantitative estimate of drug-likeness (QED) is 0.495. The zero-order valence-corrected chi connectivity index (χ0v) is 17.8. The van der Waals surface area contributed by atoms with Crippen molar-refractivity contribution < 1.29 is 14.6 Å². The summed E-state index contributed by atoms with van der Waals surface area (Å²) in [6.07, 6.45) is 7.53. The van der Waals surface area contributed by atoms with E-state index in [4.69, 9.17) is 15.6 Å². The lowest BCUT2D eigenvalue weighted by Crippen LogP contribution is -2.08. The van der Waals surface area contributed by atoms with Crippen LogP contribution in [0.25, 0.3) is 10.9 Å². The monoisotopic (exact) mass is 418 g/mol. The molecule has 5 nitrogen and oxygen atoms in total. The fourth-order valence-electron chi connectivity index (χ4n) is 5.46. The number of aryl methyl sites for hydroxylation is 1. The van der Waals surface area contributed by atoms with Crippen molar-refractivity contribution in [3.8, 4) is 5.75 Å². The average Bonchev–Trinajstić information content (AvgIpc) is 3.32. The van der Waals surface area contributed by atoms with Crippen LogP contribution in [-0.4, -0.2) is 15.6 Å². The molecule has 1 saturated carbocycles. The lowest BCUT2D eigenvalue weighted by atomic mass is 9.83. The van der Waals surface area contributed by atoms with Gasteiger partial charge in [-0.25, -0.2) is 0 Å². The molecule has 1 unspecified atom stereocenters. The molecule has 0 saturated heterocycles. The van der Waals surface area contributed by atoms with Crippen molar-refractivity contribution in [2.45, 2.75) is 69.9 Å². The molecule has 3 N–H and O–H groups in total. The second-order valence-corrected chi connectivity index (χ2v) is 9.11. The van der Waals surface area contributed by atoms with Crippen LogP contribution >= 0.6 is 0 Å². The van der Waals surface area contributed by atoms with Crippen molar-refractivity contribution in [1.29, 1.82) is 0 Å². The van der Waals surface area contributed by atoms with E-state index in [1.807, 2.05) is 6.07 Å². The van der Waals surface area contributed by atoms with Gasteiger partial charge >= 0.3 is 5.97 Å². The SMILES string of the molecule is Nc1cc(COc2ccc3c(c2)cc2n3CCC2CC(=O)O)ccc1C1CCCCC1. The number of carbonyl (C=O) groups is 1. The van der Waals surface area contributed by atoms with Gasteiger partial charge in [0.2, 0.25) is 0 Å². The molecule has 31 heavy (non-hydrogen) atoms. The van der Waals surface area contributed by atoms with E-state index in [-0.39, 0.29) is 12.3 Å². The van der Waals surface area contributed by atoms with Gasteiger partial charge in [0.25, 0.3) is 0 Å². The number of hydrogen-bond donors (Lipinski definition) is 2. The van der Waals surface area contributed by atoms with Gasteiger partial charge in [-0.15, -0.1) is 0 Å². The van der Waals surface area contributed by atoms with Crippen molar-refractivity contribution in [1.82, 2.24) is 4.57 Å². The molecule has 2 aliphatic rings. The Kier molecular flexibility index (Phi) is 5.34. The second-order valence-electron chi connectivity index (χ2n) is 9.11. The smallest absolute Gasteiger partial charge is 0.304 e. The topological polar surface area (TPSA) is 77.5 Å². The van der Waals surface area contributed by atoms with Crippen LogP contribution in [0.4, 0.5) is 5.69 Å². The molecule has 162 valence electrons. The molecule has 0 spiro atoms. The Morgan fingerprint density at radius 3 is 2.68 bits per heavy atom. The number of nitrogens with two attached hydrogens (primary N) is 1. The van der Waals surface area contributed by atoms with Crippen LogP contribution in [0.3, 0.4) is 0 Å². The fraction of sp³-hybridized carbons (Fsp3) is 0.423. The maximum absolute atomic E-state index is 11.2. The molecule has 1 aliphatic carbocycles. The Morgan fingerprint density at radius 2 is 1.90 bits per heavy atom. The van der Waals surface area contributed by atoms with Gasteiger partial charge in [0, 0.05) is 34.7 Å². The highest BCUT2D eigenvalue weighted by Crippen LogP contribution is 2.38. The molecule has 1 aromatic heterocycles. The number of carboxylic acids is 1. The molecule has 2 heterocycles. The number of aliphatic carboxylic acids is 1. The van der Waals surface area contributed by atoms with E-state index in [1.165, 1.54) is 37.7 Å². The molecule has 1 aliphatic heterocycles. The standard InChI is InChI=1S/C26H30N2O3/c27-23-12-17(6-8-22(23)18-4-2-1-3-5-18)16-31-21-7-9-24-20(13-21)14-25-19(15-26(29)30)10-11-28(24)25/h6-9,12-14,18-19H,1-5,10-11,15-16,27H2,(H,29,30). The predicted octanol–water partition coefficient (Wildman–Crippen LogP) is 5.81. The van der Waals surface area contributed by atoms with E-state index in [1.54, 1.807) is 0 Å². The van der Waals surface area contributed by atoms with Crippen molar-refractivity contribution >= 4 is 22.6 Å². The summed E-state index contributed by atoms with van der Waals surface area (Å²) in [4.78, 5) is 11.2. The Morgan fingerprint density at radius 1 is 1.06 bits per heavy atom. The van der Waals surface area contributed by atoms with Crippen LogP contribution in [0.1, 0.15) is 73.6 Å². The summed E-state index contributed by atoms with van der Waals surface area (Å²) in [6.45, 7) is 1.36. The summed E-state index contributed by atoms with van der Waals surface area (Å²) in [6, 6.07) is 14.7. The Bertz CT molecular complexity index is 1110. The number of nitrogens with zero attached hydrogens (tertiary/aromatic N) is 1. The van der Waals surface area contributed by atoms with Crippen LogP contribution < -0.4 is 10.5 Å². The number of carboxylic acid groups (broad SMARTS) is 1. The Hall–Kier alpha value is -2.95. The zero-order chi connectivity index (χ0) is 21.4. The van der Waals surface area contributed by atoms with Crippen molar-refractivity contribution in [2.24, 2.45) is 0 Å². The summed E-state index contributed by atoms with van der Waals surface area (Å²) in [5.41, 5.74) is 11.9.